The number of pyridine rings is 1. The van der Waals surface area contributed by atoms with E-state index in [1.807, 2.05) is 0 Å². The van der Waals surface area contributed by atoms with Gasteiger partial charge in [0.15, 0.2) is 5.76 Å². The van der Waals surface area contributed by atoms with Crippen LogP contribution >= 0.6 is 11.6 Å². The molecule has 0 aromatic carbocycles. The lowest BCUT2D eigenvalue weighted by Crippen LogP contribution is -2.23. The van der Waals surface area contributed by atoms with Crippen LogP contribution < -0.4 is 5.32 Å². The summed E-state index contributed by atoms with van der Waals surface area (Å²) in [6.07, 6.45) is 4.45. The molecule has 0 fully saturated rings. The lowest BCUT2D eigenvalue weighted by Gasteiger charge is -2.03. The number of hydrogen-bond acceptors (Lipinski definition) is 4. The fourth-order valence-corrected chi connectivity index (χ4v) is 1.33. The van der Waals surface area contributed by atoms with Crippen LogP contribution in [0.25, 0.3) is 0 Å². The molecule has 0 saturated heterocycles. The monoisotopic (exact) mass is 237 g/mol. The molecule has 82 valence electrons. The minimum Gasteiger partial charge on any atom is -0.360 e. The largest absolute Gasteiger partial charge is 0.360 e. The standard InChI is InChI=1S/C10H8ClN3O2/c11-9-2-3-12-6-8(9)10(15)13-5-7-1-4-14-16-7/h1-4,6H,5H2,(H,13,15). The highest BCUT2D eigenvalue weighted by atomic mass is 35.5. The molecule has 0 aliphatic carbocycles. The molecule has 1 N–H and O–H groups in total. The highest BCUT2D eigenvalue weighted by Gasteiger charge is 2.10. The third kappa shape index (κ3) is 2.38. The molecule has 0 bridgehead atoms. The zero-order valence-electron chi connectivity index (χ0n) is 8.18. The molecule has 16 heavy (non-hydrogen) atoms. The van der Waals surface area contributed by atoms with E-state index >= 15 is 0 Å². The highest BCUT2D eigenvalue weighted by Crippen LogP contribution is 2.13. The average molecular weight is 238 g/mol. The Labute approximate surface area is 96.4 Å². The zero-order chi connectivity index (χ0) is 11.4. The van der Waals surface area contributed by atoms with E-state index in [1.165, 1.54) is 18.6 Å². The minimum absolute atomic E-state index is 0.268. The van der Waals surface area contributed by atoms with E-state index in [4.69, 9.17) is 16.1 Å². The Kier molecular flexibility index (Phi) is 3.16. The third-order valence-electron chi connectivity index (χ3n) is 1.93. The molecule has 2 aromatic heterocycles. The van der Waals surface area contributed by atoms with Crippen LogP contribution in [-0.4, -0.2) is 16.0 Å². The molecular weight excluding hydrogens is 230 g/mol. The van der Waals surface area contributed by atoms with Gasteiger partial charge in [0.1, 0.15) is 0 Å². The molecule has 2 heterocycles. The number of nitrogens with zero attached hydrogens (tertiary/aromatic N) is 2. The smallest absolute Gasteiger partial charge is 0.254 e. The first-order valence-electron chi connectivity index (χ1n) is 4.54. The van der Waals surface area contributed by atoms with Crippen LogP contribution in [0.5, 0.6) is 0 Å². The fraction of sp³-hybridized carbons (Fsp3) is 0.100. The topological polar surface area (TPSA) is 68.0 Å². The molecule has 0 aliphatic rings. The zero-order valence-corrected chi connectivity index (χ0v) is 8.94. The minimum atomic E-state index is -0.297. The van der Waals surface area contributed by atoms with Crippen LogP contribution in [0.2, 0.25) is 5.02 Å². The second-order valence-electron chi connectivity index (χ2n) is 3.02. The van der Waals surface area contributed by atoms with Crippen molar-refractivity contribution in [2.75, 3.05) is 0 Å². The Morgan fingerprint density at radius 3 is 3.00 bits per heavy atom. The maximum Gasteiger partial charge on any atom is 0.254 e. The van der Waals surface area contributed by atoms with Crippen molar-refractivity contribution in [3.63, 3.8) is 0 Å². The van der Waals surface area contributed by atoms with Gasteiger partial charge in [-0.2, -0.15) is 0 Å². The van der Waals surface area contributed by atoms with Gasteiger partial charge in [-0.05, 0) is 6.07 Å². The molecule has 2 aromatic rings. The van der Waals surface area contributed by atoms with Crippen LogP contribution in [0.4, 0.5) is 0 Å². The summed E-state index contributed by atoms with van der Waals surface area (Å²) in [6, 6.07) is 3.23. The molecule has 1 amide bonds. The molecule has 6 heteroatoms. The first-order chi connectivity index (χ1) is 7.77. The van der Waals surface area contributed by atoms with Gasteiger partial charge in [0.05, 0.1) is 23.3 Å². The van der Waals surface area contributed by atoms with Crippen LogP contribution in [0.15, 0.2) is 35.2 Å². The number of carbonyl (C=O) groups is 1. The number of amides is 1. The summed E-state index contributed by atoms with van der Waals surface area (Å²) in [4.78, 5) is 15.5. The van der Waals surface area contributed by atoms with Crippen molar-refractivity contribution in [1.82, 2.24) is 15.5 Å². The maximum absolute atomic E-state index is 11.7. The van der Waals surface area contributed by atoms with Crippen molar-refractivity contribution >= 4 is 17.5 Å². The Hall–Kier alpha value is -1.88. The van der Waals surface area contributed by atoms with E-state index in [-0.39, 0.29) is 12.5 Å². The quantitative estimate of drug-likeness (QED) is 0.882. The number of aromatic nitrogens is 2. The summed E-state index contributed by atoms with van der Waals surface area (Å²) in [5, 5.41) is 6.54. The van der Waals surface area contributed by atoms with Gasteiger partial charge in [-0.25, -0.2) is 0 Å². The molecule has 0 aliphatic heterocycles. The lowest BCUT2D eigenvalue weighted by atomic mass is 10.2. The SMILES string of the molecule is O=C(NCc1ccno1)c1cnccc1Cl. The van der Waals surface area contributed by atoms with E-state index in [0.717, 1.165) is 0 Å². The molecule has 0 spiro atoms. The first-order valence-corrected chi connectivity index (χ1v) is 4.92. The van der Waals surface area contributed by atoms with Crippen LogP contribution in [0, 0.1) is 0 Å². The first kappa shape index (κ1) is 10.6. The maximum atomic E-state index is 11.7. The molecule has 5 nitrogen and oxygen atoms in total. The molecule has 0 atom stereocenters. The van der Waals surface area contributed by atoms with Gasteiger partial charge < -0.3 is 9.84 Å². The molecule has 0 unspecified atom stereocenters. The van der Waals surface area contributed by atoms with Gasteiger partial charge in [0, 0.05) is 18.5 Å². The summed E-state index contributed by atoms with van der Waals surface area (Å²) in [5.41, 5.74) is 0.337. The van der Waals surface area contributed by atoms with E-state index in [0.29, 0.717) is 16.3 Å². The number of nitrogens with one attached hydrogen (secondary N) is 1. The van der Waals surface area contributed by atoms with Gasteiger partial charge in [-0.1, -0.05) is 16.8 Å². The van der Waals surface area contributed by atoms with Crippen molar-refractivity contribution in [3.05, 3.63) is 47.1 Å². The van der Waals surface area contributed by atoms with Crippen LogP contribution in [0.1, 0.15) is 16.1 Å². The van der Waals surface area contributed by atoms with Gasteiger partial charge >= 0.3 is 0 Å². The Balaban J connectivity index is 2.01. The van der Waals surface area contributed by atoms with Gasteiger partial charge in [0.2, 0.25) is 0 Å². The summed E-state index contributed by atoms with van der Waals surface area (Å²) in [6.45, 7) is 0.268. The predicted molar refractivity (Wildman–Crippen MR) is 56.9 cm³/mol. The van der Waals surface area contributed by atoms with Crippen molar-refractivity contribution in [3.8, 4) is 0 Å². The number of halogens is 1. The molecule has 0 saturated carbocycles. The molecular formula is C10H8ClN3O2. The summed E-state index contributed by atoms with van der Waals surface area (Å²) in [7, 11) is 0. The number of rotatable bonds is 3. The Morgan fingerprint density at radius 1 is 1.44 bits per heavy atom. The average Bonchev–Trinajstić information content (AvgIpc) is 2.79. The molecule has 0 radical (unpaired) electrons. The summed E-state index contributed by atoms with van der Waals surface area (Å²) >= 11 is 5.84. The second-order valence-corrected chi connectivity index (χ2v) is 3.42. The van der Waals surface area contributed by atoms with E-state index < -0.39 is 0 Å². The lowest BCUT2D eigenvalue weighted by molar-refractivity contribution is 0.0947. The predicted octanol–water partition coefficient (Wildman–Crippen LogP) is 1.65. The number of carbonyl (C=O) groups excluding carboxylic acids is 1. The number of hydrogen-bond donors (Lipinski definition) is 1. The van der Waals surface area contributed by atoms with Crippen molar-refractivity contribution in [2.45, 2.75) is 6.54 Å². The normalized spacial score (nSPS) is 10.1. The fourth-order valence-electron chi connectivity index (χ4n) is 1.14. The highest BCUT2D eigenvalue weighted by molar-refractivity contribution is 6.33. The van der Waals surface area contributed by atoms with Crippen molar-refractivity contribution in [1.29, 1.82) is 0 Å². The van der Waals surface area contributed by atoms with Crippen molar-refractivity contribution < 1.29 is 9.32 Å². The van der Waals surface area contributed by atoms with E-state index in [9.17, 15) is 4.79 Å². The van der Waals surface area contributed by atoms with Crippen LogP contribution in [-0.2, 0) is 6.54 Å². The van der Waals surface area contributed by atoms with Crippen LogP contribution in [0.3, 0.4) is 0 Å². The molecule has 2 rings (SSSR count). The Bertz CT molecular complexity index is 485. The van der Waals surface area contributed by atoms with Gasteiger partial charge in [-0.3, -0.25) is 9.78 Å². The van der Waals surface area contributed by atoms with E-state index in [2.05, 4.69) is 15.5 Å². The second kappa shape index (κ2) is 4.76. The third-order valence-corrected chi connectivity index (χ3v) is 2.26. The summed E-state index contributed by atoms with van der Waals surface area (Å²) in [5.74, 6) is 0.280. The van der Waals surface area contributed by atoms with Crippen molar-refractivity contribution in [2.24, 2.45) is 0 Å². The van der Waals surface area contributed by atoms with Gasteiger partial charge in [-0.15, -0.1) is 0 Å². The van der Waals surface area contributed by atoms with E-state index in [1.54, 1.807) is 12.1 Å². The van der Waals surface area contributed by atoms with Gasteiger partial charge in [0.25, 0.3) is 5.91 Å². The summed E-state index contributed by atoms with van der Waals surface area (Å²) < 4.78 is 4.84. The Morgan fingerprint density at radius 2 is 2.31 bits per heavy atom.